The molecule has 9 heteroatoms. The third-order valence-electron chi connectivity index (χ3n) is 4.36. The number of benzene rings is 1. The first-order valence-electron chi connectivity index (χ1n) is 8.96. The van der Waals surface area contributed by atoms with Gasteiger partial charge in [0.2, 0.25) is 0 Å². The van der Waals surface area contributed by atoms with Crippen LogP contribution in [0, 0.1) is 0 Å². The van der Waals surface area contributed by atoms with Crippen molar-refractivity contribution in [3.05, 3.63) is 51.4 Å². The van der Waals surface area contributed by atoms with Gasteiger partial charge >= 0.3 is 11.7 Å². The highest BCUT2D eigenvalue weighted by molar-refractivity contribution is 5.72. The zero-order valence-corrected chi connectivity index (χ0v) is 16.0. The van der Waals surface area contributed by atoms with Crippen LogP contribution in [-0.2, 0) is 25.4 Å². The van der Waals surface area contributed by atoms with Gasteiger partial charge in [-0.25, -0.2) is 9.78 Å². The van der Waals surface area contributed by atoms with E-state index in [4.69, 9.17) is 9.47 Å². The Morgan fingerprint density at radius 1 is 1.07 bits per heavy atom. The Morgan fingerprint density at radius 2 is 1.75 bits per heavy atom. The molecule has 1 aromatic carbocycles. The summed E-state index contributed by atoms with van der Waals surface area (Å²) in [5.41, 5.74) is -0.177. The van der Waals surface area contributed by atoms with E-state index in [0.29, 0.717) is 42.2 Å². The van der Waals surface area contributed by atoms with Crippen molar-refractivity contribution in [1.82, 2.24) is 18.7 Å². The number of aryl methyl sites for hydroxylation is 2. The van der Waals surface area contributed by atoms with E-state index in [1.54, 1.807) is 35.9 Å². The Hall–Kier alpha value is -3.36. The number of nitrogens with zero attached hydrogens (tertiary/aromatic N) is 4. The fourth-order valence-corrected chi connectivity index (χ4v) is 2.91. The minimum absolute atomic E-state index is 0.180. The van der Waals surface area contributed by atoms with Gasteiger partial charge in [-0.15, -0.1) is 0 Å². The van der Waals surface area contributed by atoms with Gasteiger partial charge in [-0.2, -0.15) is 0 Å². The first-order chi connectivity index (χ1) is 13.4. The van der Waals surface area contributed by atoms with Crippen LogP contribution in [0.3, 0.4) is 0 Å². The molecule has 0 aliphatic rings. The minimum Gasteiger partial charge on any atom is -0.494 e. The maximum Gasteiger partial charge on any atom is 0.332 e. The molecule has 2 aromatic heterocycles. The maximum absolute atomic E-state index is 12.4. The number of rotatable bonds is 7. The number of aromatic nitrogens is 4. The molecular weight excluding hydrogens is 364 g/mol. The number of fused-ring (bicyclic) bond motifs is 1. The highest BCUT2D eigenvalue weighted by atomic mass is 16.5. The molecule has 2 heterocycles. The Kier molecular flexibility index (Phi) is 5.62. The summed E-state index contributed by atoms with van der Waals surface area (Å²) in [7, 11) is 2.99. The van der Waals surface area contributed by atoms with Crippen molar-refractivity contribution in [2.24, 2.45) is 14.1 Å². The zero-order valence-electron chi connectivity index (χ0n) is 16.0. The lowest BCUT2D eigenvalue weighted by molar-refractivity contribution is -0.134. The summed E-state index contributed by atoms with van der Waals surface area (Å²) >= 11 is 0. The lowest BCUT2D eigenvalue weighted by atomic mass is 10.3. The number of esters is 1. The molecule has 28 heavy (non-hydrogen) atoms. The third kappa shape index (κ3) is 3.83. The summed E-state index contributed by atoms with van der Waals surface area (Å²) in [6.45, 7) is 2.87. The fraction of sp³-hybridized carbons (Fsp3) is 0.368. The number of imidazole rings is 1. The average Bonchev–Trinajstić information content (AvgIpc) is 3.10. The standard InChI is InChI=1S/C19H22N4O5/c1-4-27-13-7-9-14(10-8-13)28-15(24)6-5-11-23-12-20-17-16(23)18(25)22(3)19(26)21(17)2/h7-10,12H,4-6,11H2,1-3H3. The van der Waals surface area contributed by atoms with Gasteiger partial charge in [0.1, 0.15) is 11.5 Å². The zero-order chi connectivity index (χ0) is 20.3. The second kappa shape index (κ2) is 8.12. The van der Waals surface area contributed by atoms with E-state index < -0.39 is 11.2 Å². The summed E-state index contributed by atoms with van der Waals surface area (Å²) in [5, 5.41) is 0. The molecule has 0 aliphatic carbocycles. The van der Waals surface area contributed by atoms with Gasteiger partial charge in [0.15, 0.2) is 11.2 Å². The number of carbonyl (C=O) groups is 1. The van der Waals surface area contributed by atoms with E-state index in [-0.39, 0.29) is 12.4 Å². The van der Waals surface area contributed by atoms with Gasteiger partial charge < -0.3 is 14.0 Å². The van der Waals surface area contributed by atoms with Crippen molar-refractivity contribution in [3.63, 3.8) is 0 Å². The number of hydrogen-bond donors (Lipinski definition) is 0. The van der Waals surface area contributed by atoms with E-state index in [9.17, 15) is 14.4 Å². The van der Waals surface area contributed by atoms with Crippen LogP contribution in [0.1, 0.15) is 19.8 Å². The highest BCUT2D eigenvalue weighted by Crippen LogP contribution is 2.18. The van der Waals surface area contributed by atoms with Crippen LogP contribution >= 0.6 is 0 Å². The Morgan fingerprint density at radius 3 is 2.43 bits per heavy atom. The van der Waals surface area contributed by atoms with Crippen LogP contribution in [0.4, 0.5) is 0 Å². The SMILES string of the molecule is CCOc1ccc(OC(=O)CCCn2cnc3c2c(=O)n(C)c(=O)n3C)cc1. The van der Waals surface area contributed by atoms with E-state index >= 15 is 0 Å². The van der Waals surface area contributed by atoms with Gasteiger partial charge in [-0.1, -0.05) is 0 Å². The average molecular weight is 386 g/mol. The Balaban J connectivity index is 1.63. The van der Waals surface area contributed by atoms with Crippen LogP contribution < -0.4 is 20.7 Å². The Labute approximate surface area is 160 Å². The topological polar surface area (TPSA) is 97.3 Å². The van der Waals surface area contributed by atoms with E-state index in [1.807, 2.05) is 6.92 Å². The second-order valence-electron chi connectivity index (χ2n) is 6.30. The van der Waals surface area contributed by atoms with Crippen LogP contribution in [0.2, 0.25) is 0 Å². The molecule has 148 valence electrons. The molecule has 0 bridgehead atoms. The van der Waals surface area contributed by atoms with E-state index in [2.05, 4.69) is 4.98 Å². The van der Waals surface area contributed by atoms with Crippen LogP contribution in [0.15, 0.2) is 40.2 Å². The summed E-state index contributed by atoms with van der Waals surface area (Å²) < 4.78 is 14.7. The maximum atomic E-state index is 12.4. The van der Waals surface area contributed by atoms with Crippen molar-refractivity contribution in [2.75, 3.05) is 6.61 Å². The highest BCUT2D eigenvalue weighted by Gasteiger charge is 2.14. The smallest absolute Gasteiger partial charge is 0.332 e. The molecule has 0 fully saturated rings. The van der Waals surface area contributed by atoms with Gasteiger partial charge in [0, 0.05) is 27.1 Å². The number of carbonyl (C=O) groups excluding carboxylic acids is 1. The van der Waals surface area contributed by atoms with Gasteiger partial charge in [-0.05, 0) is 37.6 Å². The molecule has 0 aliphatic heterocycles. The van der Waals surface area contributed by atoms with Crippen molar-refractivity contribution in [1.29, 1.82) is 0 Å². The monoisotopic (exact) mass is 386 g/mol. The van der Waals surface area contributed by atoms with Gasteiger partial charge in [-0.3, -0.25) is 18.7 Å². The summed E-state index contributed by atoms with van der Waals surface area (Å²) in [4.78, 5) is 40.5. The third-order valence-corrected chi connectivity index (χ3v) is 4.36. The summed E-state index contributed by atoms with van der Waals surface area (Å²) in [6.07, 6.45) is 2.15. The van der Waals surface area contributed by atoms with Crippen LogP contribution in [0.25, 0.3) is 11.2 Å². The quantitative estimate of drug-likeness (QED) is 0.447. The van der Waals surface area contributed by atoms with E-state index in [0.717, 1.165) is 4.57 Å². The normalized spacial score (nSPS) is 11.0. The lowest BCUT2D eigenvalue weighted by Crippen LogP contribution is -2.37. The molecule has 0 amide bonds. The molecule has 0 spiro atoms. The minimum atomic E-state index is -0.429. The predicted molar refractivity (Wildman–Crippen MR) is 103 cm³/mol. The summed E-state index contributed by atoms with van der Waals surface area (Å²) in [5.74, 6) is 0.796. The van der Waals surface area contributed by atoms with Crippen molar-refractivity contribution < 1.29 is 14.3 Å². The molecule has 0 saturated carbocycles. The molecule has 3 aromatic rings. The molecular formula is C19H22N4O5. The molecule has 0 unspecified atom stereocenters. The molecule has 0 saturated heterocycles. The molecule has 0 atom stereocenters. The Bertz CT molecular complexity index is 1110. The largest absolute Gasteiger partial charge is 0.494 e. The van der Waals surface area contributed by atoms with Gasteiger partial charge in [0.05, 0.1) is 12.9 Å². The van der Waals surface area contributed by atoms with Crippen molar-refractivity contribution in [3.8, 4) is 11.5 Å². The molecule has 9 nitrogen and oxygen atoms in total. The second-order valence-corrected chi connectivity index (χ2v) is 6.30. The number of ether oxygens (including phenoxy) is 2. The predicted octanol–water partition coefficient (Wildman–Crippen LogP) is 1.22. The molecule has 0 N–H and O–H groups in total. The van der Waals surface area contributed by atoms with Crippen molar-refractivity contribution in [2.45, 2.75) is 26.3 Å². The first-order valence-corrected chi connectivity index (χ1v) is 8.96. The van der Waals surface area contributed by atoms with Crippen molar-refractivity contribution >= 4 is 17.1 Å². The van der Waals surface area contributed by atoms with Gasteiger partial charge in [0.25, 0.3) is 5.56 Å². The summed E-state index contributed by atoms with van der Waals surface area (Å²) in [6, 6.07) is 6.83. The fourth-order valence-electron chi connectivity index (χ4n) is 2.91. The first kappa shape index (κ1) is 19.4. The molecule has 0 radical (unpaired) electrons. The lowest BCUT2D eigenvalue weighted by Gasteiger charge is -2.08. The van der Waals surface area contributed by atoms with E-state index in [1.165, 1.54) is 17.9 Å². The molecule has 3 rings (SSSR count). The van der Waals surface area contributed by atoms with Crippen LogP contribution in [0.5, 0.6) is 11.5 Å². The number of hydrogen-bond acceptors (Lipinski definition) is 6. The van der Waals surface area contributed by atoms with Crippen LogP contribution in [-0.4, -0.2) is 31.3 Å².